The number of carbonyl (C=O) groups excluding carboxylic acids is 7. The summed E-state index contributed by atoms with van der Waals surface area (Å²) < 4.78 is 49.9. The second-order valence-corrected chi connectivity index (χ2v) is 17.1. The van der Waals surface area contributed by atoms with Crippen LogP contribution in [-0.2, 0) is 57.1 Å². The second kappa shape index (κ2) is 17.0. The number of hydrogen-bond acceptors (Lipinski definition) is 18. The monoisotopic (exact) mass is 887 g/mol. The quantitative estimate of drug-likeness (QED) is 0.244. The molecule has 0 unspecified atom stereocenters. The van der Waals surface area contributed by atoms with Gasteiger partial charge in [0.1, 0.15) is 54.2 Å². The fourth-order valence-corrected chi connectivity index (χ4v) is 10.1. The maximum atomic E-state index is 14.5. The Hall–Kier alpha value is -6.24. The summed E-state index contributed by atoms with van der Waals surface area (Å²) in [6, 6.07) is 17.9. The number of aliphatic hydroxyl groups excluding tert-OH is 1. The molecule has 2 N–H and O–H groups in total. The molecule has 2 aliphatic heterocycles. The van der Waals surface area contributed by atoms with E-state index in [1.54, 1.807) is 31.2 Å². The number of rotatable bonds is 8. The third kappa shape index (κ3) is 7.36. The molecule has 2 aromatic carbocycles. The lowest BCUT2D eigenvalue weighted by atomic mass is 9.45. The lowest BCUT2D eigenvalue weighted by molar-refractivity contribution is -0.384. The fourth-order valence-electron chi connectivity index (χ4n) is 10.1. The van der Waals surface area contributed by atoms with Crippen LogP contribution >= 0.6 is 0 Å². The van der Waals surface area contributed by atoms with Crippen molar-refractivity contribution < 1.29 is 81.7 Å². The molecule has 3 aromatic rings. The zero-order chi connectivity index (χ0) is 46.5. The molecule has 0 radical (unpaired) electrons. The van der Waals surface area contributed by atoms with Gasteiger partial charge in [0.05, 0.1) is 34.2 Å². The van der Waals surface area contributed by atoms with E-state index in [0.29, 0.717) is 0 Å². The molecule has 0 amide bonds. The van der Waals surface area contributed by atoms with E-state index in [1.807, 2.05) is 0 Å². The summed E-state index contributed by atoms with van der Waals surface area (Å²) in [6.07, 6.45) is -11.2. The zero-order valence-electron chi connectivity index (χ0n) is 36.1. The topological polar surface area (TPSA) is 247 Å². The number of nitrogens with zero attached hydrogens (tertiary/aromatic N) is 1. The van der Waals surface area contributed by atoms with Crippen LogP contribution in [0.25, 0.3) is 0 Å². The number of aromatic nitrogens is 1. The van der Waals surface area contributed by atoms with Crippen LogP contribution in [0.2, 0.25) is 0 Å². The highest BCUT2D eigenvalue weighted by Gasteiger charge is 2.91. The molecule has 13 atom stereocenters. The van der Waals surface area contributed by atoms with Crippen LogP contribution < -0.4 is 0 Å². The maximum Gasteiger partial charge on any atom is 0.340 e. The Labute approximate surface area is 367 Å². The van der Waals surface area contributed by atoms with Gasteiger partial charge < -0.3 is 48.1 Å². The number of pyridine rings is 1. The van der Waals surface area contributed by atoms with Gasteiger partial charge in [-0.05, 0) is 50.2 Å². The number of ether oxygens (including phenoxy) is 8. The van der Waals surface area contributed by atoms with Crippen molar-refractivity contribution >= 4 is 41.8 Å². The van der Waals surface area contributed by atoms with Crippen molar-refractivity contribution in [2.45, 2.75) is 108 Å². The number of hydrogen-bond donors (Lipinski definition) is 2. The van der Waals surface area contributed by atoms with Crippen molar-refractivity contribution in [2.75, 3.05) is 13.2 Å². The van der Waals surface area contributed by atoms with Crippen LogP contribution in [0.1, 0.15) is 91.2 Å². The minimum absolute atomic E-state index is 0.0218. The summed E-state index contributed by atoms with van der Waals surface area (Å²) in [4.78, 5) is 102. The number of carbonyl (C=O) groups is 7. The van der Waals surface area contributed by atoms with Crippen LogP contribution in [0.5, 0.6) is 0 Å². The third-order valence-corrected chi connectivity index (χ3v) is 13.1. The van der Waals surface area contributed by atoms with Crippen LogP contribution in [-0.4, -0.2) is 124 Å². The standard InChI is InChI=1S/C46H49NO17/c1-23-24(2)39(52)62-36-33(51)37(63-41(54)29-17-12-9-13-18-29)45(22-57-25(3)48)38(60-27(5)50)34(59-26(4)49)31-35(61-40(53)28-15-10-8-11-16-28)46(45,44(36,7)56)64-43(31,6)21-58-42(55)30-19-14-20-47-32(23)30/h8-20,23-24,31,33-38,51,56H,21-22H2,1-7H3/t23-,24-,31-,33-,34+,35+,36-,37+,38-,43-,44-,45-,46-/m0/s1. The van der Waals surface area contributed by atoms with Crippen LogP contribution in [0.4, 0.5) is 0 Å². The molecule has 2 aliphatic carbocycles. The molecule has 18 heteroatoms. The molecule has 1 aromatic heterocycles. The van der Waals surface area contributed by atoms with Gasteiger partial charge in [-0.15, -0.1) is 0 Å². The van der Waals surface area contributed by atoms with Gasteiger partial charge in [-0.1, -0.05) is 50.2 Å². The van der Waals surface area contributed by atoms with Crippen LogP contribution in [0.15, 0.2) is 79.0 Å². The molecule has 7 rings (SSSR count). The van der Waals surface area contributed by atoms with Crippen molar-refractivity contribution in [3.8, 4) is 0 Å². The summed E-state index contributed by atoms with van der Waals surface area (Å²) in [5.74, 6) is -10.8. The van der Waals surface area contributed by atoms with Gasteiger partial charge in [0.25, 0.3) is 0 Å². The molecule has 1 spiro atoms. The maximum absolute atomic E-state index is 14.5. The molecule has 2 saturated carbocycles. The van der Waals surface area contributed by atoms with E-state index in [2.05, 4.69) is 4.98 Å². The molecule has 3 fully saturated rings. The highest BCUT2D eigenvalue weighted by Crippen LogP contribution is 2.70. The molecule has 1 saturated heterocycles. The Kier molecular flexibility index (Phi) is 12.2. The van der Waals surface area contributed by atoms with Gasteiger partial charge in [-0.25, -0.2) is 14.4 Å². The number of benzene rings is 2. The minimum Gasteiger partial charge on any atom is -0.465 e. The second-order valence-electron chi connectivity index (χ2n) is 17.1. The number of esters is 7. The number of cyclic esters (lactones) is 1. The van der Waals surface area contributed by atoms with Gasteiger partial charge in [0.15, 0.2) is 17.8 Å². The summed E-state index contributed by atoms with van der Waals surface area (Å²) >= 11 is 0. The highest BCUT2D eigenvalue weighted by molar-refractivity contribution is 5.92. The van der Waals surface area contributed by atoms with Gasteiger partial charge >= 0.3 is 41.8 Å². The van der Waals surface area contributed by atoms with E-state index in [-0.39, 0.29) is 22.4 Å². The fraction of sp³-hybridized carbons (Fsp3) is 0.478. The van der Waals surface area contributed by atoms with Gasteiger partial charge in [-0.2, -0.15) is 0 Å². The van der Waals surface area contributed by atoms with Crippen molar-refractivity contribution in [3.63, 3.8) is 0 Å². The average molecular weight is 888 g/mol. The number of aliphatic hydroxyl groups is 2. The number of fused-ring (bicyclic) bond motifs is 5. The van der Waals surface area contributed by atoms with Gasteiger partial charge in [0.2, 0.25) is 0 Å². The first-order valence-corrected chi connectivity index (χ1v) is 20.6. The SMILES string of the molecule is CC(=O)OC[C@@]12[C@H](OC(=O)c3ccccc3)[C@@H](O)[C@@H]3OC(=O)[C@@H](C)[C@H](C)c4ncccc4C(=O)OC[C@]4(C)O[C@@]1([C@H](OC(=O)c1ccccc1)[C@@H]4[C@@H](OC(C)=O)[C@@H]2OC(C)=O)[C@@]3(C)O. The van der Waals surface area contributed by atoms with E-state index in [1.165, 1.54) is 68.6 Å². The summed E-state index contributed by atoms with van der Waals surface area (Å²) in [5, 5.41) is 26.4. The smallest absolute Gasteiger partial charge is 0.340 e. The van der Waals surface area contributed by atoms with Crippen LogP contribution in [0.3, 0.4) is 0 Å². The Bertz CT molecular complexity index is 2340. The predicted molar refractivity (Wildman–Crippen MR) is 216 cm³/mol. The highest BCUT2D eigenvalue weighted by atomic mass is 16.7. The lowest BCUT2D eigenvalue weighted by Gasteiger charge is -2.67. The van der Waals surface area contributed by atoms with E-state index < -0.39 is 132 Å². The molecule has 340 valence electrons. The average Bonchev–Trinajstić information content (AvgIpc) is 3.49. The first kappa shape index (κ1) is 45.8. The van der Waals surface area contributed by atoms with Gasteiger partial charge in [0, 0.05) is 32.9 Å². The molecule has 3 heterocycles. The predicted octanol–water partition coefficient (Wildman–Crippen LogP) is 3.05. The van der Waals surface area contributed by atoms with E-state index >= 15 is 0 Å². The van der Waals surface area contributed by atoms with E-state index in [9.17, 15) is 43.8 Å². The first-order valence-electron chi connectivity index (χ1n) is 20.6. The Morgan fingerprint density at radius 3 is 1.89 bits per heavy atom. The van der Waals surface area contributed by atoms with Gasteiger partial charge in [-0.3, -0.25) is 24.2 Å². The molecule has 4 aliphatic rings. The summed E-state index contributed by atoms with van der Waals surface area (Å²) in [7, 11) is 0. The largest absolute Gasteiger partial charge is 0.465 e. The van der Waals surface area contributed by atoms with Crippen LogP contribution in [0, 0.1) is 17.3 Å². The molecular formula is C46H49NO17. The molecule has 18 nitrogen and oxygen atoms in total. The van der Waals surface area contributed by atoms with E-state index in [4.69, 9.17) is 37.9 Å². The first-order chi connectivity index (χ1) is 30.2. The third-order valence-electron chi connectivity index (χ3n) is 13.1. The Balaban J connectivity index is 1.61. The Morgan fingerprint density at radius 2 is 1.33 bits per heavy atom. The molecule has 64 heavy (non-hydrogen) atoms. The normalized spacial score (nSPS) is 35.3. The summed E-state index contributed by atoms with van der Waals surface area (Å²) in [5.41, 5.74) is -10.5. The zero-order valence-corrected chi connectivity index (χ0v) is 36.1. The minimum atomic E-state index is -2.87. The van der Waals surface area contributed by atoms with Crippen molar-refractivity contribution in [3.05, 3.63) is 101 Å². The molecule has 4 bridgehead atoms. The Morgan fingerprint density at radius 1 is 0.750 bits per heavy atom. The van der Waals surface area contributed by atoms with Crippen molar-refractivity contribution in [2.24, 2.45) is 17.3 Å². The van der Waals surface area contributed by atoms with E-state index in [0.717, 1.165) is 27.7 Å². The summed E-state index contributed by atoms with van der Waals surface area (Å²) in [6.45, 7) is 6.76. The molecular weight excluding hydrogens is 838 g/mol. The lowest BCUT2D eigenvalue weighted by Crippen LogP contribution is -2.89. The van der Waals surface area contributed by atoms with Crippen molar-refractivity contribution in [1.29, 1.82) is 0 Å². The van der Waals surface area contributed by atoms with Crippen molar-refractivity contribution in [1.82, 2.24) is 4.98 Å².